The Balaban J connectivity index is 3.09. The van der Waals surface area contributed by atoms with Crippen molar-refractivity contribution in [2.75, 3.05) is 6.54 Å². The minimum Gasteiger partial charge on any atom is -0.258 e. The average Bonchev–Trinajstić information content (AvgIpc) is 1.91. The van der Waals surface area contributed by atoms with Gasteiger partial charge in [-0.2, -0.15) is 0 Å². The van der Waals surface area contributed by atoms with Crippen molar-refractivity contribution in [3.05, 3.63) is 0 Å². The molecular weight excluding hydrogens is 110 g/mol. The van der Waals surface area contributed by atoms with Gasteiger partial charge in [-0.05, 0) is 18.8 Å². The van der Waals surface area contributed by atoms with Crippen molar-refractivity contribution in [3.8, 4) is 0 Å². The molecule has 9 heavy (non-hydrogen) atoms. The van der Waals surface area contributed by atoms with E-state index in [9.17, 15) is 0 Å². The molecule has 0 unspecified atom stereocenters. The zero-order valence-electron chi connectivity index (χ0n) is 6.61. The van der Waals surface area contributed by atoms with Gasteiger partial charge in [-0.15, -0.1) is 0 Å². The zero-order valence-corrected chi connectivity index (χ0v) is 6.61. The molecule has 0 rings (SSSR count). The van der Waals surface area contributed by atoms with E-state index in [-0.39, 0.29) is 0 Å². The van der Waals surface area contributed by atoms with E-state index in [0.717, 1.165) is 12.3 Å². The third-order valence-electron chi connectivity index (χ3n) is 1.94. The molecule has 0 saturated carbocycles. The van der Waals surface area contributed by atoms with E-state index < -0.39 is 0 Å². The highest BCUT2D eigenvalue weighted by atomic mass is 14.5. The molecule has 0 aromatic carbocycles. The second-order valence-corrected chi connectivity index (χ2v) is 2.57. The lowest BCUT2D eigenvalue weighted by Gasteiger charge is -2.09. The predicted molar refractivity (Wildman–Crippen MR) is 41.3 cm³/mol. The van der Waals surface area contributed by atoms with Gasteiger partial charge in [-0.25, -0.2) is 0 Å². The SMILES string of the molecule is CCC(CC)CCC[NH]. The maximum absolute atomic E-state index is 6.95. The third kappa shape index (κ3) is 4.46. The van der Waals surface area contributed by atoms with Crippen LogP contribution in [0, 0.1) is 5.92 Å². The molecule has 1 N–H and O–H groups in total. The number of hydrogen-bond donors (Lipinski definition) is 0. The highest BCUT2D eigenvalue weighted by Crippen LogP contribution is 2.13. The summed E-state index contributed by atoms with van der Waals surface area (Å²) in [6.07, 6.45) is 4.93. The van der Waals surface area contributed by atoms with Crippen molar-refractivity contribution < 1.29 is 0 Å². The molecule has 55 valence electrons. The van der Waals surface area contributed by atoms with Gasteiger partial charge in [0.1, 0.15) is 0 Å². The Bertz CT molecular complexity index is 48.5. The fourth-order valence-corrected chi connectivity index (χ4v) is 1.09. The molecule has 0 aliphatic heterocycles. The van der Waals surface area contributed by atoms with E-state index in [4.69, 9.17) is 5.73 Å². The number of nitrogens with one attached hydrogen (secondary N) is 1. The molecule has 0 heterocycles. The Morgan fingerprint density at radius 3 is 2.11 bits per heavy atom. The summed E-state index contributed by atoms with van der Waals surface area (Å²) in [4.78, 5) is 0. The van der Waals surface area contributed by atoms with E-state index >= 15 is 0 Å². The monoisotopic (exact) mass is 128 g/mol. The maximum atomic E-state index is 6.95. The van der Waals surface area contributed by atoms with Crippen LogP contribution in [0.4, 0.5) is 0 Å². The topological polar surface area (TPSA) is 23.8 Å². The molecule has 1 nitrogen and oxygen atoms in total. The van der Waals surface area contributed by atoms with Crippen LogP contribution in [0.5, 0.6) is 0 Å². The lowest BCUT2D eigenvalue weighted by Crippen LogP contribution is -1.98. The van der Waals surface area contributed by atoms with Gasteiger partial charge in [0.15, 0.2) is 0 Å². The normalized spacial score (nSPS) is 10.7. The second kappa shape index (κ2) is 6.09. The van der Waals surface area contributed by atoms with E-state index in [1.165, 1.54) is 19.3 Å². The molecular formula is C8H18N. The largest absolute Gasteiger partial charge is 0.258 e. The molecule has 0 fully saturated rings. The lowest BCUT2D eigenvalue weighted by atomic mass is 9.98. The van der Waals surface area contributed by atoms with Crippen LogP contribution < -0.4 is 5.73 Å². The lowest BCUT2D eigenvalue weighted by molar-refractivity contribution is 0.443. The first-order valence-electron chi connectivity index (χ1n) is 3.99. The molecule has 0 aromatic heterocycles. The van der Waals surface area contributed by atoms with Crippen LogP contribution >= 0.6 is 0 Å². The predicted octanol–water partition coefficient (Wildman–Crippen LogP) is 2.49. The summed E-state index contributed by atoms with van der Waals surface area (Å²) in [5, 5.41) is 0. The van der Waals surface area contributed by atoms with Gasteiger partial charge in [-0.3, -0.25) is 5.73 Å². The van der Waals surface area contributed by atoms with Gasteiger partial charge in [0, 0.05) is 6.54 Å². The van der Waals surface area contributed by atoms with Gasteiger partial charge in [-0.1, -0.05) is 26.7 Å². The Labute approximate surface area is 58.6 Å². The Morgan fingerprint density at radius 1 is 1.22 bits per heavy atom. The highest BCUT2D eigenvalue weighted by molar-refractivity contribution is 4.54. The Kier molecular flexibility index (Phi) is 6.06. The molecule has 0 amide bonds. The van der Waals surface area contributed by atoms with Crippen LogP contribution in [0.2, 0.25) is 0 Å². The summed E-state index contributed by atoms with van der Waals surface area (Å²) >= 11 is 0. The van der Waals surface area contributed by atoms with Crippen molar-refractivity contribution in [1.82, 2.24) is 5.73 Å². The van der Waals surface area contributed by atoms with Crippen LogP contribution in [-0.2, 0) is 0 Å². The van der Waals surface area contributed by atoms with Gasteiger partial charge in [0.25, 0.3) is 0 Å². The summed E-state index contributed by atoms with van der Waals surface area (Å²) in [7, 11) is 0. The molecule has 0 atom stereocenters. The standard InChI is InChI=1S/C8H18N/c1-3-8(4-2)6-5-7-9/h8-9H,3-7H2,1-2H3. The number of rotatable bonds is 5. The fraction of sp³-hybridized carbons (Fsp3) is 1.00. The van der Waals surface area contributed by atoms with E-state index in [1.54, 1.807) is 0 Å². The molecule has 0 bridgehead atoms. The van der Waals surface area contributed by atoms with Gasteiger partial charge in [0.2, 0.25) is 0 Å². The minimum absolute atomic E-state index is 0.608. The molecule has 0 aromatic rings. The summed E-state index contributed by atoms with van der Waals surface area (Å²) < 4.78 is 0. The van der Waals surface area contributed by atoms with Crippen LogP contribution in [0.3, 0.4) is 0 Å². The van der Waals surface area contributed by atoms with E-state index in [1.807, 2.05) is 0 Å². The summed E-state index contributed by atoms with van der Waals surface area (Å²) in [5.74, 6) is 0.885. The summed E-state index contributed by atoms with van der Waals surface area (Å²) in [6, 6.07) is 0. The van der Waals surface area contributed by atoms with Crippen LogP contribution in [0.25, 0.3) is 0 Å². The first-order valence-corrected chi connectivity index (χ1v) is 3.99. The van der Waals surface area contributed by atoms with Crippen molar-refractivity contribution in [1.29, 1.82) is 0 Å². The molecule has 1 heteroatoms. The average molecular weight is 128 g/mol. The molecule has 0 aliphatic rings. The van der Waals surface area contributed by atoms with Crippen LogP contribution in [0.15, 0.2) is 0 Å². The summed E-state index contributed by atoms with van der Waals surface area (Å²) in [6.45, 7) is 5.08. The van der Waals surface area contributed by atoms with E-state index in [0.29, 0.717) is 6.54 Å². The maximum Gasteiger partial charge on any atom is 0.00998 e. The fourth-order valence-electron chi connectivity index (χ4n) is 1.09. The smallest absolute Gasteiger partial charge is 0.00998 e. The molecule has 0 spiro atoms. The van der Waals surface area contributed by atoms with Gasteiger partial charge < -0.3 is 0 Å². The molecule has 0 aliphatic carbocycles. The first kappa shape index (κ1) is 8.96. The van der Waals surface area contributed by atoms with Crippen molar-refractivity contribution in [3.63, 3.8) is 0 Å². The quantitative estimate of drug-likeness (QED) is 0.543. The van der Waals surface area contributed by atoms with E-state index in [2.05, 4.69) is 13.8 Å². The molecule has 1 radical (unpaired) electrons. The highest BCUT2D eigenvalue weighted by Gasteiger charge is 2.00. The minimum atomic E-state index is 0.608. The molecule has 0 saturated heterocycles. The van der Waals surface area contributed by atoms with Crippen molar-refractivity contribution in [2.24, 2.45) is 5.92 Å². The first-order chi connectivity index (χ1) is 4.35. The Morgan fingerprint density at radius 2 is 1.78 bits per heavy atom. The van der Waals surface area contributed by atoms with Gasteiger partial charge >= 0.3 is 0 Å². The Hall–Kier alpha value is -0.0400. The van der Waals surface area contributed by atoms with Crippen molar-refractivity contribution in [2.45, 2.75) is 39.5 Å². The zero-order chi connectivity index (χ0) is 7.11. The van der Waals surface area contributed by atoms with Crippen molar-refractivity contribution >= 4 is 0 Å². The second-order valence-electron chi connectivity index (χ2n) is 2.57. The number of hydrogen-bond acceptors (Lipinski definition) is 0. The van der Waals surface area contributed by atoms with Crippen LogP contribution in [0.1, 0.15) is 39.5 Å². The third-order valence-corrected chi connectivity index (χ3v) is 1.94. The summed E-state index contributed by atoms with van der Waals surface area (Å²) in [5.41, 5.74) is 6.95. The van der Waals surface area contributed by atoms with Crippen LogP contribution in [-0.4, -0.2) is 6.54 Å². The van der Waals surface area contributed by atoms with Gasteiger partial charge in [0.05, 0.1) is 0 Å².